The summed E-state index contributed by atoms with van der Waals surface area (Å²) in [5.41, 5.74) is 1.13. The van der Waals surface area contributed by atoms with Gasteiger partial charge in [0.2, 0.25) is 0 Å². The molecule has 0 unspecified atom stereocenters. The number of hydrogen-bond acceptors (Lipinski definition) is 5. The van der Waals surface area contributed by atoms with E-state index >= 15 is 0 Å². The van der Waals surface area contributed by atoms with Crippen molar-refractivity contribution in [3.05, 3.63) is 47.6 Å². The van der Waals surface area contributed by atoms with Crippen LogP contribution in [0, 0.1) is 0 Å². The lowest BCUT2D eigenvalue weighted by Gasteiger charge is -2.23. The van der Waals surface area contributed by atoms with E-state index in [9.17, 15) is 9.18 Å². The molecule has 6 nitrogen and oxygen atoms in total. The SMILES string of the molecule is CC.CN1CCC(F)CC1.O=Cc1cnc2c(c1)c(Cl)cn2-c1cnccn1. The summed E-state index contributed by atoms with van der Waals surface area (Å²) in [6.07, 6.45) is 9.69. The van der Waals surface area contributed by atoms with E-state index in [0.717, 1.165) is 32.2 Å². The number of alkyl halides is 1. The molecule has 1 fully saturated rings. The first-order valence-electron chi connectivity index (χ1n) is 9.29. The van der Waals surface area contributed by atoms with Crippen LogP contribution in [0.1, 0.15) is 37.0 Å². The van der Waals surface area contributed by atoms with Crippen LogP contribution in [-0.2, 0) is 0 Å². The minimum absolute atomic E-state index is 0.487. The van der Waals surface area contributed by atoms with Gasteiger partial charge < -0.3 is 4.90 Å². The van der Waals surface area contributed by atoms with Crippen LogP contribution in [0.2, 0.25) is 5.02 Å². The molecule has 0 atom stereocenters. The Morgan fingerprint density at radius 3 is 2.46 bits per heavy atom. The summed E-state index contributed by atoms with van der Waals surface area (Å²) in [6, 6.07) is 1.70. The van der Waals surface area contributed by atoms with Gasteiger partial charge in [-0.15, -0.1) is 0 Å². The number of carbonyl (C=O) groups excluding carboxylic acids is 1. The van der Waals surface area contributed by atoms with Crippen LogP contribution in [0.25, 0.3) is 16.9 Å². The molecular formula is C20H25ClFN5O. The van der Waals surface area contributed by atoms with Crippen molar-refractivity contribution < 1.29 is 9.18 Å². The van der Waals surface area contributed by atoms with E-state index in [1.54, 1.807) is 35.4 Å². The summed E-state index contributed by atoms with van der Waals surface area (Å²) in [7, 11) is 2.03. The Morgan fingerprint density at radius 1 is 1.18 bits per heavy atom. The highest BCUT2D eigenvalue weighted by Gasteiger charge is 2.14. The molecule has 0 radical (unpaired) electrons. The molecule has 0 saturated carbocycles. The van der Waals surface area contributed by atoms with Gasteiger partial charge in [0.05, 0.1) is 11.2 Å². The second-order valence-corrected chi connectivity index (χ2v) is 6.55. The molecule has 8 heteroatoms. The van der Waals surface area contributed by atoms with Crippen LogP contribution in [-0.4, -0.2) is 57.0 Å². The molecule has 1 aliphatic rings. The predicted octanol–water partition coefficient (Wildman–Crippen LogP) is 4.36. The van der Waals surface area contributed by atoms with Crippen LogP contribution in [0.5, 0.6) is 0 Å². The highest BCUT2D eigenvalue weighted by Crippen LogP contribution is 2.26. The van der Waals surface area contributed by atoms with E-state index in [2.05, 4.69) is 19.9 Å². The minimum atomic E-state index is -0.522. The molecule has 4 rings (SSSR count). The Hall–Kier alpha value is -2.38. The van der Waals surface area contributed by atoms with Gasteiger partial charge in [-0.2, -0.15) is 0 Å². The Morgan fingerprint density at radius 2 is 1.89 bits per heavy atom. The van der Waals surface area contributed by atoms with Gasteiger partial charge >= 0.3 is 0 Å². The second kappa shape index (κ2) is 10.8. The van der Waals surface area contributed by atoms with E-state index in [4.69, 9.17) is 11.6 Å². The fourth-order valence-corrected chi connectivity index (χ4v) is 2.95. The number of pyridine rings is 1. The predicted molar refractivity (Wildman–Crippen MR) is 110 cm³/mol. The number of nitrogens with zero attached hydrogens (tertiary/aromatic N) is 5. The van der Waals surface area contributed by atoms with Crippen LogP contribution < -0.4 is 0 Å². The third-order valence-electron chi connectivity index (χ3n) is 4.20. The summed E-state index contributed by atoms with van der Waals surface area (Å²) >= 11 is 6.13. The maximum absolute atomic E-state index is 12.3. The van der Waals surface area contributed by atoms with Crippen molar-refractivity contribution in [3.8, 4) is 5.82 Å². The summed E-state index contributed by atoms with van der Waals surface area (Å²) in [5, 5.41) is 1.23. The van der Waals surface area contributed by atoms with Gasteiger partial charge in [-0.1, -0.05) is 25.4 Å². The summed E-state index contributed by atoms with van der Waals surface area (Å²) < 4.78 is 14.1. The zero-order chi connectivity index (χ0) is 20.5. The first-order valence-corrected chi connectivity index (χ1v) is 9.67. The van der Waals surface area contributed by atoms with Crippen molar-refractivity contribution in [1.29, 1.82) is 0 Å². The average molecular weight is 406 g/mol. The highest BCUT2D eigenvalue weighted by atomic mass is 35.5. The van der Waals surface area contributed by atoms with Gasteiger partial charge in [-0.25, -0.2) is 14.4 Å². The number of piperidine rings is 1. The van der Waals surface area contributed by atoms with Crippen LogP contribution in [0.3, 0.4) is 0 Å². The molecule has 0 N–H and O–H groups in total. The fourth-order valence-electron chi connectivity index (χ4n) is 2.72. The lowest BCUT2D eigenvalue weighted by Crippen LogP contribution is -2.30. The maximum Gasteiger partial charge on any atom is 0.156 e. The zero-order valence-electron chi connectivity index (χ0n) is 16.3. The molecular weight excluding hydrogens is 381 g/mol. The Bertz CT molecular complexity index is 869. The van der Waals surface area contributed by atoms with Crippen molar-refractivity contribution in [2.24, 2.45) is 0 Å². The van der Waals surface area contributed by atoms with Crippen LogP contribution >= 0.6 is 11.6 Å². The summed E-state index contributed by atoms with van der Waals surface area (Å²) in [6.45, 7) is 5.86. The number of likely N-dealkylation sites (tertiary alicyclic amines) is 1. The van der Waals surface area contributed by atoms with Crippen molar-refractivity contribution >= 4 is 28.9 Å². The van der Waals surface area contributed by atoms with Crippen molar-refractivity contribution in [3.63, 3.8) is 0 Å². The van der Waals surface area contributed by atoms with Crippen LogP contribution in [0.4, 0.5) is 4.39 Å². The molecule has 28 heavy (non-hydrogen) atoms. The van der Waals surface area contributed by atoms with Crippen molar-refractivity contribution in [1.82, 2.24) is 24.4 Å². The lowest BCUT2D eigenvalue weighted by atomic mass is 10.1. The Kier molecular flexibility index (Phi) is 8.47. The summed E-state index contributed by atoms with van der Waals surface area (Å²) in [4.78, 5) is 25.3. The number of rotatable bonds is 2. The number of aldehydes is 1. The number of halogens is 2. The largest absolute Gasteiger partial charge is 0.306 e. The third-order valence-corrected chi connectivity index (χ3v) is 4.50. The number of carbonyl (C=O) groups is 1. The van der Waals surface area contributed by atoms with E-state index in [1.807, 2.05) is 20.9 Å². The van der Waals surface area contributed by atoms with Crippen molar-refractivity contribution in [2.75, 3.05) is 20.1 Å². The first-order chi connectivity index (χ1) is 13.6. The maximum atomic E-state index is 12.3. The molecule has 0 amide bonds. The quantitative estimate of drug-likeness (QED) is 0.593. The van der Waals surface area contributed by atoms with Gasteiger partial charge in [0.15, 0.2) is 12.1 Å². The topological polar surface area (TPSA) is 63.9 Å². The molecule has 150 valence electrons. The molecule has 1 saturated heterocycles. The molecule has 0 bridgehead atoms. The monoisotopic (exact) mass is 405 g/mol. The molecule has 4 heterocycles. The average Bonchev–Trinajstić information content (AvgIpc) is 3.09. The molecule has 0 aromatic carbocycles. The van der Waals surface area contributed by atoms with E-state index < -0.39 is 6.17 Å². The number of aromatic nitrogens is 4. The first kappa shape index (κ1) is 21.9. The van der Waals surface area contributed by atoms with Gasteiger partial charge in [0, 0.05) is 48.8 Å². The Balaban J connectivity index is 0.000000236. The Labute approximate surface area is 169 Å². The fraction of sp³-hybridized carbons (Fsp3) is 0.400. The third kappa shape index (κ3) is 5.56. The van der Waals surface area contributed by atoms with E-state index in [-0.39, 0.29) is 0 Å². The van der Waals surface area contributed by atoms with Gasteiger partial charge in [-0.05, 0) is 26.0 Å². The number of hydrogen-bond donors (Lipinski definition) is 0. The van der Waals surface area contributed by atoms with E-state index in [1.165, 1.54) is 6.20 Å². The standard InChI is InChI=1S/C12H7ClN4O.C6H12FN.C2H6/c13-10-6-17(11-5-14-1-2-15-11)12-9(10)3-8(7-18)4-16-12;1-8-4-2-6(7)3-5-8;1-2/h1-7H;6H,2-5H2,1H3;1-2H3. The van der Waals surface area contributed by atoms with E-state index in [0.29, 0.717) is 27.4 Å². The second-order valence-electron chi connectivity index (χ2n) is 6.15. The van der Waals surface area contributed by atoms with Gasteiger partial charge in [0.1, 0.15) is 11.8 Å². The molecule has 3 aromatic heterocycles. The van der Waals surface area contributed by atoms with Crippen LogP contribution in [0.15, 0.2) is 37.1 Å². The number of fused-ring (bicyclic) bond motifs is 1. The smallest absolute Gasteiger partial charge is 0.156 e. The lowest BCUT2D eigenvalue weighted by molar-refractivity contribution is 0.112. The van der Waals surface area contributed by atoms with Gasteiger partial charge in [-0.3, -0.25) is 14.3 Å². The minimum Gasteiger partial charge on any atom is -0.306 e. The zero-order valence-corrected chi connectivity index (χ0v) is 17.1. The summed E-state index contributed by atoms with van der Waals surface area (Å²) in [5.74, 6) is 0.626. The van der Waals surface area contributed by atoms with Crippen molar-refractivity contribution in [2.45, 2.75) is 32.9 Å². The normalized spacial score (nSPS) is 14.6. The molecule has 0 spiro atoms. The molecule has 3 aromatic rings. The highest BCUT2D eigenvalue weighted by molar-refractivity contribution is 6.35. The molecule has 0 aliphatic carbocycles. The van der Waals surface area contributed by atoms with Gasteiger partial charge in [0.25, 0.3) is 0 Å². The molecule has 1 aliphatic heterocycles.